The number of ketones is 1. The number of nitrogens with one attached hydrogen (secondary N) is 1. The highest BCUT2D eigenvalue weighted by atomic mass is 16.5. The van der Waals surface area contributed by atoms with Gasteiger partial charge >= 0.3 is 5.97 Å². The Bertz CT molecular complexity index is 691. The molecule has 0 bridgehead atoms. The van der Waals surface area contributed by atoms with Gasteiger partial charge in [0.2, 0.25) is 0 Å². The molecule has 1 atom stereocenters. The Morgan fingerprint density at radius 2 is 1.83 bits per heavy atom. The largest absolute Gasteiger partial charge is 0.457 e. The molecule has 1 aliphatic heterocycles. The average molecular weight is 309 g/mol. The van der Waals surface area contributed by atoms with Gasteiger partial charge in [0.05, 0.1) is 11.6 Å². The Morgan fingerprint density at radius 3 is 2.57 bits per heavy atom. The third-order valence-electron chi connectivity index (χ3n) is 3.97. The summed E-state index contributed by atoms with van der Waals surface area (Å²) in [6, 6.07) is 16.1. The van der Waals surface area contributed by atoms with E-state index in [2.05, 4.69) is 5.32 Å². The van der Waals surface area contributed by atoms with Crippen molar-refractivity contribution in [3.05, 3.63) is 71.3 Å². The van der Waals surface area contributed by atoms with E-state index < -0.39 is 5.97 Å². The number of ether oxygens (including phenoxy) is 1. The molecule has 0 radical (unpaired) electrons. The molecule has 1 N–H and O–H groups in total. The topological polar surface area (TPSA) is 55.4 Å². The quantitative estimate of drug-likeness (QED) is 0.681. The van der Waals surface area contributed by atoms with Crippen molar-refractivity contribution in [2.75, 3.05) is 6.54 Å². The number of benzene rings is 2. The van der Waals surface area contributed by atoms with Gasteiger partial charge in [0.25, 0.3) is 0 Å². The lowest BCUT2D eigenvalue weighted by Crippen LogP contribution is -2.30. The summed E-state index contributed by atoms with van der Waals surface area (Å²) in [5.74, 6) is -0.372. The van der Waals surface area contributed by atoms with Crippen molar-refractivity contribution < 1.29 is 14.3 Å². The van der Waals surface area contributed by atoms with Crippen LogP contribution in [0.25, 0.3) is 0 Å². The molecule has 4 heteroatoms. The fourth-order valence-electron chi connectivity index (χ4n) is 2.72. The van der Waals surface area contributed by atoms with Crippen LogP contribution in [0.4, 0.5) is 0 Å². The summed E-state index contributed by atoms with van der Waals surface area (Å²) in [4.78, 5) is 24.6. The van der Waals surface area contributed by atoms with Crippen molar-refractivity contribution in [3.63, 3.8) is 0 Å². The third kappa shape index (κ3) is 3.85. The molecule has 1 aliphatic rings. The molecule has 0 amide bonds. The lowest BCUT2D eigenvalue weighted by atomic mass is 10.0. The van der Waals surface area contributed by atoms with Crippen molar-refractivity contribution in [3.8, 4) is 0 Å². The molecule has 118 valence electrons. The Morgan fingerprint density at radius 1 is 1.04 bits per heavy atom. The monoisotopic (exact) mass is 309 g/mol. The summed E-state index contributed by atoms with van der Waals surface area (Å²) in [6.45, 7) is 1.09. The summed E-state index contributed by atoms with van der Waals surface area (Å²) in [5.41, 5.74) is 1.89. The second kappa shape index (κ2) is 7.20. The molecule has 1 fully saturated rings. The van der Waals surface area contributed by atoms with E-state index in [0.29, 0.717) is 11.1 Å². The molecule has 0 aromatic heterocycles. The van der Waals surface area contributed by atoms with Crippen LogP contribution in [0, 0.1) is 0 Å². The SMILES string of the molecule is O=C(OCc1ccccc1)c1cccc(C(=O)[C@@H]2CCCN2)c1. The number of hydrogen-bond acceptors (Lipinski definition) is 4. The number of carbonyl (C=O) groups excluding carboxylic acids is 2. The van der Waals surface area contributed by atoms with Crippen LogP contribution in [0.15, 0.2) is 54.6 Å². The van der Waals surface area contributed by atoms with Crippen LogP contribution in [0.1, 0.15) is 39.1 Å². The van der Waals surface area contributed by atoms with E-state index in [0.717, 1.165) is 24.9 Å². The average Bonchev–Trinajstić information content (AvgIpc) is 3.14. The van der Waals surface area contributed by atoms with E-state index in [1.54, 1.807) is 24.3 Å². The van der Waals surface area contributed by atoms with Gasteiger partial charge in [-0.3, -0.25) is 4.79 Å². The minimum Gasteiger partial charge on any atom is -0.457 e. The number of esters is 1. The number of rotatable bonds is 5. The molecular formula is C19H19NO3. The maximum absolute atomic E-state index is 12.4. The van der Waals surface area contributed by atoms with Crippen LogP contribution >= 0.6 is 0 Å². The van der Waals surface area contributed by atoms with Gasteiger partial charge in [-0.05, 0) is 37.1 Å². The molecule has 3 rings (SSSR count). The zero-order valence-electron chi connectivity index (χ0n) is 12.8. The molecule has 23 heavy (non-hydrogen) atoms. The van der Waals surface area contributed by atoms with Gasteiger partial charge in [-0.1, -0.05) is 42.5 Å². The number of carbonyl (C=O) groups is 2. The number of hydrogen-bond donors (Lipinski definition) is 1. The summed E-state index contributed by atoms with van der Waals surface area (Å²) < 4.78 is 5.31. The highest BCUT2D eigenvalue weighted by molar-refractivity contribution is 6.02. The van der Waals surface area contributed by atoms with Gasteiger partial charge in [-0.15, -0.1) is 0 Å². The first-order valence-corrected chi connectivity index (χ1v) is 7.83. The van der Waals surface area contributed by atoms with Crippen molar-refractivity contribution >= 4 is 11.8 Å². The van der Waals surface area contributed by atoms with E-state index in [1.165, 1.54) is 0 Å². The molecule has 2 aromatic carbocycles. The first-order chi connectivity index (χ1) is 11.2. The van der Waals surface area contributed by atoms with Gasteiger partial charge < -0.3 is 10.1 Å². The summed E-state index contributed by atoms with van der Waals surface area (Å²) >= 11 is 0. The first-order valence-electron chi connectivity index (χ1n) is 7.83. The smallest absolute Gasteiger partial charge is 0.338 e. The molecule has 0 saturated carbocycles. The van der Waals surface area contributed by atoms with E-state index in [1.807, 2.05) is 30.3 Å². The zero-order chi connectivity index (χ0) is 16.1. The maximum Gasteiger partial charge on any atom is 0.338 e. The van der Waals surface area contributed by atoms with Crippen molar-refractivity contribution in [1.82, 2.24) is 5.32 Å². The van der Waals surface area contributed by atoms with E-state index in [4.69, 9.17) is 4.74 Å². The van der Waals surface area contributed by atoms with Crippen LogP contribution < -0.4 is 5.32 Å². The summed E-state index contributed by atoms with van der Waals surface area (Å²) in [6.07, 6.45) is 1.86. The molecular weight excluding hydrogens is 290 g/mol. The molecule has 2 aromatic rings. The molecule has 1 saturated heterocycles. The fourth-order valence-corrected chi connectivity index (χ4v) is 2.72. The van der Waals surface area contributed by atoms with E-state index in [9.17, 15) is 9.59 Å². The van der Waals surface area contributed by atoms with Gasteiger partial charge in [0.15, 0.2) is 5.78 Å². The minimum absolute atomic E-state index is 0.0419. The highest BCUT2D eigenvalue weighted by Gasteiger charge is 2.23. The fraction of sp³-hybridized carbons (Fsp3) is 0.263. The molecule has 0 spiro atoms. The second-order valence-corrected chi connectivity index (χ2v) is 5.66. The lowest BCUT2D eigenvalue weighted by Gasteiger charge is -2.10. The first kappa shape index (κ1) is 15.4. The Balaban J connectivity index is 1.66. The molecule has 0 aliphatic carbocycles. The van der Waals surface area contributed by atoms with E-state index in [-0.39, 0.29) is 18.4 Å². The second-order valence-electron chi connectivity index (χ2n) is 5.66. The van der Waals surface area contributed by atoms with Crippen LogP contribution in [0.3, 0.4) is 0 Å². The molecule has 4 nitrogen and oxygen atoms in total. The summed E-state index contributed by atoms with van der Waals surface area (Å²) in [7, 11) is 0. The van der Waals surface area contributed by atoms with Crippen LogP contribution in [0.2, 0.25) is 0 Å². The van der Waals surface area contributed by atoms with Crippen LogP contribution in [-0.4, -0.2) is 24.3 Å². The normalized spacial score (nSPS) is 17.0. The van der Waals surface area contributed by atoms with Crippen molar-refractivity contribution in [1.29, 1.82) is 0 Å². The maximum atomic E-state index is 12.4. The predicted octanol–water partition coefficient (Wildman–Crippen LogP) is 2.98. The minimum atomic E-state index is -0.414. The summed E-state index contributed by atoms with van der Waals surface area (Å²) in [5, 5.41) is 3.18. The Hall–Kier alpha value is -2.46. The Kier molecular flexibility index (Phi) is 4.83. The standard InChI is InChI=1S/C19H19NO3/c21-18(17-10-5-11-20-17)15-8-4-9-16(12-15)19(22)23-13-14-6-2-1-3-7-14/h1-4,6-9,12,17,20H,5,10-11,13H2/t17-/m0/s1. The van der Waals surface area contributed by atoms with Gasteiger partial charge in [0.1, 0.15) is 6.61 Å². The highest BCUT2D eigenvalue weighted by Crippen LogP contribution is 2.15. The lowest BCUT2D eigenvalue weighted by molar-refractivity contribution is 0.0472. The Labute approximate surface area is 135 Å². The third-order valence-corrected chi connectivity index (χ3v) is 3.97. The van der Waals surface area contributed by atoms with Gasteiger partial charge in [0, 0.05) is 5.56 Å². The van der Waals surface area contributed by atoms with Crippen LogP contribution in [0.5, 0.6) is 0 Å². The van der Waals surface area contributed by atoms with Crippen molar-refractivity contribution in [2.24, 2.45) is 0 Å². The van der Waals surface area contributed by atoms with E-state index >= 15 is 0 Å². The molecule has 0 unspecified atom stereocenters. The van der Waals surface area contributed by atoms with Gasteiger partial charge in [-0.25, -0.2) is 4.79 Å². The zero-order valence-corrected chi connectivity index (χ0v) is 12.8. The van der Waals surface area contributed by atoms with Crippen LogP contribution in [-0.2, 0) is 11.3 Å². The predicted molar refractivity (Wildman–Crippen MR) is 87.4 cm³/mol. The number of Topliss-reactive ketones (excluding diaryl/α,β-unsaturated/α-hetero) is 1. The molecule has 1 heterocycles. The van der Waals surface area contributed by atoms with Crippen molar-refractivity contribution in [2.45, 2.75) is 25.5 Å². The van der Waals surface area contributed by atoms with Gasteiger partial charge in [-0.2, -0.15) is 0 Å².